The number of morpholine rings is 1. The molecule has 0 bridgehead atoms. The van der Waals surface area contributed by atoms with Crippen LogP contribution in [0.25, 0.3) is 10.2 Å². The molecule has 1 aromatic heterocycles. The molecule has 3 aromatic rings. The van der Waals surface area contributed by atoms with Crippen LogP contribution in [0.15, 0.2) is 41.3 Å². The second-order valence-electron chi connectivity index (χ2n) is 8.33. The number of aromatic nitrogens is 1. The number of rotatable bonds is 9. The molecule has 2 aromatic carbocycles. The molecular weight excluding hydrogens is 474 g/mol. The van der Waals surface area contributed by atoms with Crippen molar-refractivity contribution in [3.8, 4) is 0 Å². The third-order valence-corrected chi connectivity index (χ3v) is 8.19. The number of carbonyl (C=O) groups is 1. The van der Waals surface area contributed by atoms with Crippen LogP contribution in [0.3, 0.4) is 0 Å². The van der Waals surface area contributed by atoms with Crippen LogP contribution in [0.1, 0.15) is 24.0 Å². The largest absolute Gasteiger partial charge is 0.379 e. The summed E-state index contributed by atoms with van der Waals surface area (Å²) in [7, 11) is 0. The third-order valence-electron chi connectivity index (χ3n) is 5.70. The van der Waals surface area contributed by atoms with E-state index in [0.717, 1.165) is 70.3 Å². The smallest absolute Gasteiger partial charge is 0.229 e. The van der Waals surface area contributed by atoms with Gasteiger partial charge in [-0.3, -0.25) is 14.6 Å². The predicted molar refractivity (Wildman–Crippen MR) is 140 cm³/mol. The maximum absolute atomic E-state index is 13.3. The highest BCUT2D eigenvalue weighted by atomic mass is 35.5. The summed E-state index contributed by atoms with van der Waals surface area (Å²) in [5, 5.41) is 1.53. The van der Waals surface area contributed by atoms with Gasteiger partial charge >= 0.3 is 0 Å². The Labute approximate surface area is 209 Å². The average molecular weight is 504 g/mol. The zero-order valence-corrected chi connectivity index (χ0v) is 21.6. The molecule has 2 heterocycles. The van der Waals surface area contributed by atoms with Crippen molar-refractivity contribution in [2.45, 2.75) is 31.6 Å². The fraction of sp³-hybridized carbons (Fsp3) is 0.440. The van der Waals surface area contributed by atoms with Crippen LogP contribution in [-0.4, -0.2) is 60.9 Å². The second-order valence-corrected chi connectivity index (χ2v) is 10.9. The topological polar surface area (TPSA) is 45.7 Å². The van der Waals surface area contributed by atoms with Gasteiger partial charge in [0.25, 0.3) is 0 Å². The molecule has 0 spiro atoms. The molecule has 0 atom stereocenters. The van der Waals surface area contributed by atoms with Crippen molar-refractivity contribution >= 4 is 56.0 Å². The Kier molecular flexibility index (Phi) is 8.66. The number of thioether (sulfide) groups is 1. The number of hydrogen-bond acceptors (Lipinski definition) is 6. The Bertz CT molecular complexity index is 1080. The fourth-order valence-corrected chi connectivity index (χ4v) is 6.03. The highest BCUT2D eigenvalue weighted by Gasteiger charge is 2.21. The van der Waals surface area contributed by atoms with Crippen LogP contribution < -0.4 is 4.90 Å². The van der Waals surface area contributed by atoms with Gasteiger partial charge in [-0.05, 0) is 61.7 Å². The summed E-state index contributed by atoms with van der Waals surface area (Å²) in [4.78, 5) is 23.6. The van der Waals surface area contributed by atoms with Crippen LogP contribution >= 0.6 is 34.7 Å². The Morgan fingerprint density at radius 3 is 2.73 bits per heavy atom. The second kappa shape index (κ2) is 11.7. The normalized spacial score (nSPS) is 14.6. The van der Waals surface area contributed by atoms with Gasteiger partial charge in [0.05, 0.1) is 23.4 Å². The molecule has 1 aliphatic rings. The van der Waals surface area contributed by atoms with Gasteiger partial charge in [0.1, 0.15) is 0 Å². The number of carbonyl (C=O) groups excluding carboxylic acids is 1. The number of amides is 1. The Balaban J connectivity index is 1.44. The molecule has 1 aliphatic heterocycles. The van der Waals surface area contributed by atoms with E-state index in [9.17, 15) is 4.79 Å². The summed E-state index contributed by atoms with van der Waals surface area (Å²) in [5.74, 6) is 0.857. The molecule has 176 valence electrons. The minimum Gasteiger partial charge on any atom is -0.379 e. The van der Waals surface area contributed by atoms with E-state index in [-0.39, 0.29) is 5.91 Å². The summed E-state index contributed by atoms with van der Waals surface area (Å²) in [6, 6.07) is 12.0. The number of ether oxygens (including phenoxy) is 1. The first kappa shape index (κ1) is 24.5. The van der Waals surface area contributed by atoms with Crippen LogP contribution in [-0.2, 0) is 9.53 Å². The highest BCUT2D eigenvalue weighted by molar-refractivity contribution is 7.99. The first-order chi connectivity index (χ1) is 16.0. The lowest BCUT2D eigenvalue weighted by molar-refractivity contribution is -0.118. The molecule has 0 aliphatic carbocycles. The van der Waals surface area contributed by atoms with E-state index in [0.29, 0.717) is 13.0 Å². The van der Waals surface area contributed by atoms with Crippen molar-refractivity contribution in [2.24, 2.45) is 0 Å². The zero-order chi connectivity index (χ0) is 23.2. The number of aryl methyl sites for hydroxylation is 2. The number of halogens is 1. The van der Waals surface area contributed by atoms with E-state index < -0.39 is 0 Å². The lowest BCUT2D eigenvalue weighted by atomic mass is 10.1. The van der Waals surface area contributed by atoms with Crippen molar-refractivity contribution in [3.05, 3.63) is 52.5 Å². The van der Waals surface area contributed by atoms with E-state index in [2.05, 4.69) is 30.9 Å². The molecular formula is C25H30ClN3O2S2. The Morgan fingerprint density at radius 1 is 1.21 bits per heavy atom. The first-order valence-electron chi connectivity index (χ1n) is 11.4. The predicted octanol–water partition coefficient (Wildman–Crippen LogP) is 5.80. The maximum atomic E-state index is 13.3. The van der Waals surface area contributed by atoms with Gasteiger partial charge in [0.2, 0.25) is 5.91 Å². The summed E-state index contributed by atoms with van der Waals surface area (Å²) < 4.78 is 6.62. The summed E-state index contributed by atoms with van der Waals surface area (Å²) >= 11 is 9.28. The molecule has 1 amide bonds. The van der Waals surface area contributed by atoms with Gasteiger partial charge in [-0.25, -0.2) is 4.98 Å². The van der Waals surface area contributed by atoms with Crippen molar-refractivity contribution < 1.29 is 9.53 Å². The van der Waals surface area contributed by atoms with Gasteiger partial charge in [-0.1, -0.05) is 29.0 Å². The average Bonchev–Trinajstić information content (AvgIpc) is 3.22. The van der Waals surface area contributed by atoms with Crippen molar-refractivity contribution in [1.29, 1.82) is 0 Å². The molecule has 0 radical (unpaired) electrons. The van der Waals surface area contributed by atoms with Crippen molar-refractivity contribution in [3.63, 3.8) is 0 Å². The minimum atomic E-state index is 0.131. The summed E-state index contributed by atoms with van der Waals surface area (Å²) in [6.07, 6.45) is 1.39. The van der Waals surface area contributed by atoms with Gasteiger partial charge in [-0.2, -0.15) is 0 Å². The lowest BCUT2D eigenvalue weighted by Crippen LogP contribution is -2.39. The van der Waals surface area contributed by atoms with E-state index in [4.69, 9.17) is 21.3 Å². The molecule has 1 saturated heterocycles. The van der Waals surface area contributed by atoms with E-state index in [1.807, 2.05) is 29.2 Å². The van der Waals surface area contributed by atoms with Crippen LogP contribution in [0.2, 0.25) is 5.02 Å². The minimum absolute atomic E-state index is 0.131. The van der Waals surface area contributed by atoms with Crippen LogP contribution in [0.5, 0.6) is 0 Å². The Hall–Kier alpha value is -1.64. The number of anilines is 1. The maximum Gasteiger partial charge on any atom is 0.229 e. The first-order valence-corrected chi connectivity index (χ1v) is 13.5. The molecule has 33 heavy (non-hydrogen) atoms. The van der Waals surface area contributed by atoms with E-state index >= 15 is 0 Å². The standard InChI is InChI=1S/C25H30ClN3O2S2/c1-18-16-19(2)24-22(17-18)27-25(33-24)29(10-3-9-28-11-13-31-14-12-28)23(30)8-15-32-21-6-4-20(26)5-7-21/h4-7,16-17H,3,8-15H2,1-2H3. The van der Waals surface area contributed by atoms with Gasteiger partial charge in [0, 0.05) is 48.3 Å². The van der Waals surface area contributed by atoms with Crippen LogP contribution in [0, 0.1) is 13.8 Å². The fourth-order valence-electron chi connectivity index (χ4n) is 4.01. The molecule has 5 nitrogen and oxygen atoms in total. The number of thiazole rings is 1. The van der Waals surface area contributed by atoms with E-state index in [1.54, 1.807) is 23.1 Å². The van der Waals surface area contributed by atoms with Crippen LogP contribution in [0.4, 0.5) is 5.13 Å². The third kappa shape index (κ3) is 6.70. The summed E-state index contributed by atoms with van der Waals surface area (Å²) in [6.45, 7) is 9.36. The SMILES string of the molecule is Cc1cc(C)c2sc(N(CCCN3CCOCC3)C(=O)CCSc3ccc(Cl)cc3)nc2c1. The zero-order valence-electron chi connectivity index (χ0n) is 19.2. The molecule has 0 saturated carbocycles. The lowest BCUT2D eigenvalue weighted by Gasteiger charge is -2.27. The number of fused-ring (bicyclic) bond motifs is 1. The number of nitrogens with zero attached hydrogens (tertiary/aromatic N) is 3. The van der Waals surface area contributed by atoms with Gasteiger partial charge < -0.3 is 4.74 Å². The Morgan fingerprint density at radius 2 is 1.97 bits per heavy atom. The molecule has 4 rings (SSSR count). The highest BCUT2D eigenvalue weighted by Crippen LogP contribution is 2.33. The number of hydrogen-bond donors (Lipinski definition) is 0. The van der Waals surface area contributed by atoms with Gasteiger partial charge in [0.15, 0.2) is 5.13 Å². The van der Waals surface area contributed by atoms with E-state index in [1.165, 1.54) is 11.1 Å². The monoisotopic (exact) mass is 503 g/mol. The molecule has 0 unspecified atom stereocenters. The summed E-state index contributed by atoms with van der Waals surface area (Å²) in [5.41, 5.74) is 3.39. The molecule has 8 heteroatoms. The van der Waals surface area contributed by atoms with Crippen molar-refractivity contribution in [2.75, 3.05) is 50.0 Å². The molecule has 0 N–H and O–H groups in total. The molecule has 1 fully saturated rings. The quantitative estimate of drug-likeness (QED) is 0.345. The number of benzene rings is 2. The van der Waals surface area contributed by atoms with Gasteiger partial charge in [-0.15, -0.1) is 11.8 Å². The van der Waals surface area contributed by atoms with Crippen molar-refractivity contribution in [1.82, 2.24) is 9.88 Å².